The van der Waals surface area contributed by atoms with Gasteiger partial charge in [-0.1, -0.05) is 123 Å². The highest BCUT2D eigenvalue weighted by Crippen LogP contribution is 2.58. The summed E-state index contributed by atoms with van der Waals surface area (Å²) in [5.74, 6) is 1.29. The summed E-state index contributed by atoms with van der Waals surface area (Å²) in [7, 11) is -2.39. The average molecular weight is 705 g/mol. The van der Waals surface area contributed by atoms with E-state index in [-0.39, 0.29) is 0 Å². The van der Waals surface area contributed by atoms with Crippen LogP contribution in [0.15, 0.2) is 154 Å². The Hall–Kier alpha value is -6.04. The average Bonchev–Trinajstić information content (AvgIpc) is 3.91. The van der Waals surface area contributed by atoms with E-state index in [4.69, 9.17) is 18.8 Å². The molecular formula is C48H40N2O2Si. The Bertz CT molecular complexity index is 2490. The molecule has 1 aliphatic rings. The number of nitrogens with zero attached hydrogens (tertiary/aromatic N) is 2. The zero-order valence-electron chi connectivity index (χ0n) is 30.5. The lowest BCUT2D eigenvalue weighted by molar-refractivity contribution is 0.619. The Morgan fingerprint density at radius 3 is 1.19 bits per heavy atom. The molecule has 8 aromatic rings. The van der Waals surface area contributed by atoms with Gasteiger partial charge in [-0.05, 0) is 117 Å². The molecule has 0 atom stereocenters. The maximum Gasteiger partial charge on any atom is 0.227 e. The van der Waals surface area contributed by atoms with Gasteiger partial charge in [0.25, 0.3) is 0 Å². The minimum atomic E-state index is -2.39. The molecule has 0 N–H and O–H groups in total. The predicted molar refractivity (Wildman–Crippen MR) is 222 cm³/mol. The topological polar surface area (TPSA) is 52.1 Å². The first-order valence-corrected chi connectivity index (χ1v) is 20.9. The Kier molecular flexibility index (Phi) is 8.16. The number of rotatable bonds is 8. The molecule has 258 valence electrons. The van der Waals surface area contributed by atoms with Gasteiger partial charge in [0.1, 0.15) is 19.1 Å². The summed E-state index contributed by atoms with van der Waals surface area (Å²) in [5.41, 5.74) is 15.4. The Labute approximate surface area is 311 Å². The van der Waals surface area contributed by atoms with Crippen LogP contribution in [0, 0.1) is 13.8 Å². The number of fused-ring (bicyclic) bond motifs is 2. The summed E-state index contributed by atoms with van der Waals surface area (Å²) < 4.78 is 12.5. The van der Waals surface area contributed by atoms with E-state index in [1.54, 1.807) is 0 Å². The lowest BCUT2D eigenvalue weighted by Gasteiger charge is -2.33. The molecular weight excluding hydrogens is 665 g/mol. The van der Waals surface area contributed by atoms with Crippen LogP contribution in [0.3, 0.4) is 0 Å². The number of hydrogen-bond acceptors (Lipinski definition) is 4. The maximum atomic E-state index is 6.23. The maximum absolute atomic E-state index is 6.23. The fraction of sp³-hybridized carbons (Fsp3) is 0.125. The molecule has 1 aliphatic heterocycles. The summed E-state index contributed by atoms with van der Waals surface area (Å²) in [4.78, 5) is 9.71. The number of hydrogen-bond donors (Lipinski definition) is 0. The van der Waals surface area contributed by atoms with Gasteiger partial charge >= 0.3 is 0 Å². The largest absolute Gasteiger partial charge is 0.436 e. The van der Waals surface area contributed by atoms with Crippen LogP contribution in [0.1, 0.15) is 47.2 Å². The lowest BCUT2D eigenvalue weighted by Crippen LogP contribution is -2.35. The molecule has 2 aromatic heterocycles. The van der Waals surface area contributed by atoms with Crippen LogP contribution in [-0.2, 0) is 0 Å². The van der Waals surface area contributed by atoms with Crippen molar-refractivity contribution in [1.29, 1.82) is 0 Å². The molecule has 53 heavy (non-hydrogen) atoms. The molecule has 0 bridgehead atoms. The van der Waals surface area contributed by atoms with Gasteiger partial charge in [-0.25, -0.2) is 9.97 Å². The lowest BCUT2D eigenvalue weighted by atomic mass is 9.89. The van der Waals surface area contributed by atoms with Crippen molar-refractivity contribution in [3.8, 4) is 22.9 Å². The third-order valence-electron chi connectivity index (χ3n) is 11.0. The highest BCUT2D eigenvalue weighted by Gasteiger charge is 2.48. The summed E-state index contributed by atoms with van der Waals surface area (Å²) in [5, 5.41) is 2.97. The molecule has 0 saturated heterocycles. The second-order valence-electron chi connectivity index (χ2n) is 14.2. The van der Waals surface area contributed by atoms with Crippen molar-refractivity contribution >= 4 is 51.8 Å². The third kappa shape index (κ3) is 5.60. The van der Waals surface area contributed by atoms with E-state index in [1.165, 1.54) is 54.9 Å². The highest BCUT2D eigenvalue weighted by atomic mass is 28.3. The molecule has 0 amide bonds. The Balaban J connectivity index is 1.23. The van der Waals surface area contributed by atoms with Gasteiger partial charge in [-0.15, -0.1) is 0 Å². The summed E-state index contributed by atoms with van der Waals surface area (Å²) in [6.45, 7) is 8.96. The van der Waals surface area contributed by atoms with Gasteiger partial charge in [0.15, 0.2) is 11.2 Å². The van der Waals surface area contributed by atoms with Crippen molar-refractivity contribution in [2.24, 2.45) is 0 Å². The standard InChI is InChI=1S/C48H40N2O2Si/c1-5-53(6-2)45(35-19-23-37(24-20-35)47-49-39-29-31(3)17-27-41(39)51-47)43(33-13-9-7-10-14-33)44(34-15-11-8-12-16-34)46(53)36-21-25-38(26-22-36)48-50-40-30-32(4)18-28-42(40)52-48/h7-30H,5-6H2,1-4H3. The van der Waals surface area contributed by atoms with Gasteiger partial charge in [0.05, 0.1) is 0 Å². The van der Waals surface area contributed by atoms with E-state index < -0.39 is 8.07 Å². The van der Waals surface area contributed by atoms with E-state index in [9.17, 15) is 0 Å². The minimum absolute atomic E-state index is 0.647. The first-order valence-electron chi connectivity index (χ1n) is 18.5. The summed E-state index contributed by atoms with van der Waals surface area (Å²) in [6.07, 6.45) is 0. The molecule has 4 nitrogen and oxygen atoms in total. The zero-order chi connectivity index (χ0) is 36.1. The second kappa shape index (κ2) is 13.2. The Morgan fingerprint density at radius 2 is 0.811 bits per heavy atom. The van der Waals surface area contributed by atoms with E-state index in [2.05, 4.69) is 161 Å². The molecule has 0 unspecified atom stereocenters. The van der Waals surface area contributed by atoms with Gasteiger partial charge in [-0.2, -0.15) is 0 Å². The van der Waals surface area contributed by atoms with Gasteiger partial charge in [-0.3, -0.25) is 0 Å². The number of benzene rings is 6. The number of oxazole rings is 2. The first kappa shape index (κ1) is 32.8. The number of aromatic nitrogens is 2. The molecule has 0 saturated carbocycles. The molecule has 3 heterocycles. The van der Waals surface area contributed by atoms with Crippen LogP contribution in [0.25, 0.3) is 66.6 Å². The van der Waals surface area contributed by atoms with Crippen LogP contribution >= 0.6 is 0 Å². The van der Waals surface area contributed by atoms with Crippen LogP contribution in [0.5, 0.6) is 0 Å². The predicted octanol–water partition coefficient (Wildman–Crippen LogP) is 13.0. The monoisotopic (exact) mass is 704 g/mol. The molecule has 0 spiro atoms. The van der Waals surface area contributed by atoms with Gasteiger partial charge in [0, 0.05) is 11.1 Å². The molecule has 0 aliphatic carbocycles. The first-order chi connectivity index (χ1) is 26.0. The van der Waals surface area contributed by atoms with Crippen LogP contribution in [-0.4, -0.2) is 18.0 Å². The van der Waals surface area contributed by atoms with E-state index in [1.807, 2.05) is 12.1 Å². The minimum Gasteiger partial charge on any atom is -0.436 e. The van der Waals surface area contributed by atoms with Gasteiger partial charge < -0.3 is 8.83 Å². The molecule has 6 aromatic carbocycles. The van der Waals surface area contributed by atoms with Crippen molar-refractivity contribution in [3.63, 3.8) is 0 Å². The SMILES string of the molecule is CC[Si]1(CC)C(c2ccc(-c3nc4cc(C)ccc4o3)cc2)=C(c2ccccc2)C(c2ccccc2)=C1c1ccc(-c2nc3cc(C)ccc3o2)cc1. The van der Waals surface area contributed by atoms with Crippen LogP contribution in [0.4, 0.5) is 0 Å². The van der Waals surface area contributed by atoms with Crippen molar-refractivity contribution in [2.75, 3.05) is 0 Å². The van der Waals surface area contributed by atoms with Crippen molar-refractivity contribution in [1.82, 2.24) is 9.97 Å². The third-order valence-corrected chi connectivity index (χ3v) is 16.4. The van der Waals surface area contributed by atoms with E-state index in [0.717, 1.165) is 45.4 Å². The zero-order valence-corrected chi connectivity index (χ0v) is 31.5. The van der Waals surface area contributed by atoms with Crippen molar-refractivity contribution in [2.45, 2.75) is 39.8 Å². The van der Waals surface area contributed by atoms with Crippen LogP contribution < -0.4 is 0 Å². The fourth-order valence-electron chi connectivity index (χ4n) is 8.32. The quantitative estimate of drug-likeness (QED) is 0.148. The van der Waals surface area contributed by atoms with Crippen molar-refractivity contribution < 1.29 is 8.83 Å². The second-order valence-corrected chi connectivity index (χ2v) is 18.7. The van der Waals surface area contributed by atoms with E-state index in [0.29, 0.717) is 11.8 Å². The normalized spacial score (nSPS) is 14.2. The highest BCUT2D eigenvalue weighted by molar-refractivity contribution is 7.14. The van der Waals surface area contributed by atoms with E-state index >= 15 is 0 Å². The Morgan fingerprint density at radius 1 is 0.434 bits per heavy atom. The molecule has 0 radical (unpaired) electrons. The molecule has 9 rings (SSSR count). The summed E-state index contributed by atoms with van der Waals surface area (Å²) >= 11 is 0. The summed E-state index contributed by atoms with van der Waals surface area (Å²) in [6, 6.07) is 54.3. The van der Waals surface area contributed by atoms with Crippen LogP contribution in [0.2, 0.25) is 12.1 Å². The van der Waals surface area contributed by atoms with Crippen molar-refractivity contribution in [3.05, 3.63) is 179 Å². The molecule has 5 heteroatoms. The van der Waals surface area contributed by atoms with Gasteiger partial charge in [0.2, 0.25) is 11.8 Å². The number of aryl methyl sites for hydroxylation is 2. The number of allylic oxidation sites excluding steroid dienone is 2. The molecule has 0 fully saturated rings. The smallest absolute Gasteiger partial charge is 0.227 e. The fourth-order valence-corrected chi connectivity index (χ4v) is 13.4.